The summed E-state index contributed by atoms with van der Waals surface area (Å²) < 4.78 is 0. The number of nitrogens with one attached hydrogen (secondary N) is 1. The Labute approximate surface area is 157 Å². The monoisotopic (exact) mass is 357 g/mol. The summed E-state index contributed by atoms with van der Waals surface area (Å²) in [6.45, 7) is 0.792. The van der Waals surface area contributed by atoms with E-state index in [1.807, 2.05) is 66.7 Å². The van der Waals surface area contributed by atoms with E-state index in [9.17, 15) is 9.59 Å². The zero-order valence-electron chi connectivity index (χ0n) is 14.7. The van der Waals surface area contributed by atoms with E-state index in [-0.39, 0.29) is 11.8 Å². The first-order valence-electron chi connectivity index (χ1n) is 8.84. The molecule has 0 saturated heterocycles. The van der Waals surface area contributed by atoms with Crippen molar-refractivity contribution in [3.63, 3.8) is 0 Å². The van der Waals surface area contributed by atoms with Crippen LogP contribution in [0, 0.1) is 0 Å². The van der Waals surface area contributed by atoms with E-state index in [0.717, 1.165) is 16.7 Å². The van der Waals surface area contributed by atoms with Gasteiger partial charge in [-0.05, 0) is 28.8 Å². The highest BCUT2D eigenvalue weighted by Crippen LogP contribution is 2.31. The van der Waals surface area contributed by atoms with Gasteiger partial charge in [0.05, 0.1) is 0 Å². The van der Waals surface area contributed by atoms with Gasteiger partial charge in [0.1, 0.15) is 6.04 Å². The minimum Gasteiger partial charge on any atom is -0.350 e. The van der Waals surface area contributed by atoms with Crippen molar-refractivity contribution in [1.29, 1.82) is 0 Å². The summed E-state index contributed by atoms with van der Waals surface area (Å²) in [5.74, 6) is -0.317. The predicted octanol–water partition coefficient (Wildman–Crippen LogP) is 3.10. The Balaban J connectivity index is 1.61. The van der Waals surface area contributed by atoms with Crippen LogP contribution < -0.4 is 5.32 Å². The summed E-state index contributed by atoms with van der Waals surface area (Å²) in [7, 11) is 0. The smallest absolute Gasteiger partial charge is 0.255 e. The fourth-order valence-electron chi connectivity index (χ4n) is 3.38. The molecule has 3 aromatic rings. The summed E-state index contributed by atoms with van der Waals surface area (Å²) in [6.07, 6.45) is 3.41. The average Bonchev–Trinajstić information content (AvgIpc) is 3.05. The Hall–Kier alpha value is -3.47. The fraction of sp³-hybridized carbons (Fsp3) is 0.136. The molecule has 2 amide bonds. The fourth-order valence-corrected chi connectivity index (χ4v) is 3.38. The predicted molar refractivity (Wildman–Crippen MR) is 102 cm³/mol. The van der Waals surface area contributed by atoms with Crippen molar-refractivity contribution in [2.75, 3.05) is 0 Å². The highest BCUT2D eigenvalue weighted by atomic mass is 16.2. The first-order valence-corrected chi connectivity index (χ1v) is 8.84. The summed E-state index contributed by atoms with van der Waals surface area (Å²) in [5.41, 5.74) is 3.32. The Morgan fingerprint density at radius 3 is 2.56 bits per heavy atom. The highest BCUT2D eigenvalue weighted by Gasteiger charge is 2.37. The van der Waals surface area contributed by atoms with Gasteiger partial charge in [0, 0.05) is 31.0 Å². The summed E-state index contributed by atoms with van der Waals surface area (Å²) in [4.78, 5) is 31.7. The molecular formula is C22H19N3O2. The van der Waals surface area contributed by atoms with Gasteiger partial charge in [0.25, 0.3) is 5.91 Å². The maximum absolute atomic E-state index is 13.1. The number of hydrogen-bond acceptors (Lipinski definition) is 3. The number of hydrogen-bond donors (Lipinski definition) is 1. The van der Waals surface area contributed by atoms with Gasteiger partial charge in [-0.25, -0.2) is 0 Å². The van der Waals surface area contributed by atoms with Crippen LogP contribution in [0.15, 0.2) is 79.1 Å². The molecule has 1 aliphatic heterocycles. The van der Waals surface area contributed by atoms with Crippen molar-refractivity contribution < 1.29 is 9.59 Å². The van der Waals surface area contributed by atoms with Crippen LogP contribution in [0.1, 0.15) is 33.1 Å². The third-order valence-corrected chi connectivity index (χ3v) is 4.71. The highest BCUT2D eigenvalue weighted by molar-refractivity contribution is 6.01. The second-order valence-corrected chi connectivity index (χ2v) is 6.48. The maximum Gasteiger partial charge on any atom is 0.255 e. The Morgan fingerprint density at radius 1 is 1.04 bits per heavy atom. The van der Waals surface area contributed by atoms with E-state index in [0.29, 0.717) is 18.7 Å². The van der Waals surface area contributed by atoms with Crippen molar-refractivity contribution >= 4 is 11.8 Å². The number of pyridine rings is 1. The number of fused-ring (bicyclic) bond motifs is 1. The molecule has 0 fully saturated rings. The van der Waals surface area contributed by atoms with Crippen LogP contribution in [0.4, 0.5) is 0 Å². The van der Waals surface area contributed by atoms with Gasteiger partial charge in [0.15, 0.2) is 0 Å². The summed E-state index contributed by atoms with van der Waals surface area (Å²) in [5, 5.41) is 2.95. The SMILES string of the molecule is O=C(NCc1cccnc1)[C@@H](c1ccccc1)N1Cc2ccccc2C1=O. The van der Waals surface area contributed by atoms with Gasteiger partial charge >= 0.3 is 0 Å². The lowest BCUT2D eigenvalue weighted by Crippen LogP contribution is -2.40. The van der Waals surface area contributed by atoms with Gasteiger partial charge in [-0.1, -0.05) is 54.6 Å². The standard InChI is InChI=1S/C22H19N3O2/c26-21(24-14-16-7-6-12-23-13-16)20(17-8-2-1-3-9-17)25-15-18-10-4-5-11-19(18)22(25)27/h1-13,20H,14-15H2,(H,24,26)/t20-/m1/s1. The Kier molecular flexibility index (Phi) is 4.66. The van der Waals surface area contributed by atoms with E-state index < -0.39 is 6.04 Å². The van der Waals surface area contributed by atoms with Crippen LogP contribution in [0.5, 0.6) is 0 Å². The number of aromatic nitrogens is 1. The van der Waals surface area contributed by atoms with Crippen molar-refractivity contribution in [1.82, 2.24) is 15.2 Å². The van der Waals surface area contributed by atoms with Crippen LogP contribution in [-0.2, 0) is 17.9 Å². The molecule has 1 aliphatic rings. The molecular weight excluding hydrogens is 338 g/mol. The third-order valence-electron chi connectivity index (χ3n) is 4.71. The van der Waals surface area contributed by atoms with Gasteiger partial charge in [-0.3, -0.25) is 14.6 Å². The number of carbonyl (C=O) groups excluding carboxylic acids is 2. The molecule has 0 saturated carbocycles. The zero-order chi connectivity index (χ0) is 18.6. The van der Waals surface area contributed by atoms with Crippen LogP contribution in [0.3, 0.4) is 0 Å². The lowest BCUT2D eigenvalue weighted by Gasteiger charge is -2.27. The van der Waals surface area contributed by atoms with Crippen LogP contribution in [-0.4, -0.2) is 21.7 Å². The van der Waals surface area contributed by atoms with Crippen molar-refractivity contribution in [3.05, 3.63) is 101 Å². The number of rotatable bonds is 5. The van der Waals surface area contributed by atoms with Crippen LogP contribution >= 0.6 is 0 Å². The molecule has 0 bridgehead atoms. The largest absolute Gasteiger partial charge is 0.350 e. The minimum absolute atomic E-state index is 0.115. The molecule has 1 atom stereocenters. The molecule has 1 N–H and O–H groups in total. The molecule has 5 heteroatoms. The van der Waals surface area contributed by atoms with E-state index in [1.54, 1.807) is 17.3 Å². The molecule has 2 aromatic carbocycles. The van der Waals surface area contributed by atoms with Crippen molar-refractivity contribution in [2.45, 2.75) is 19.1 Å². The van der Waals surface area contributed by atoms with Crippen molar-refractivity contribution in [2.24, 2.45) is 0 Å². The van der Waals surface area contributed by atoms with Crippen LogP contribution in [0.2, 0.25) is 0 Å². The first kappa shape index (κ1) is 17.0. The Bertz CT molecular complexity index is 958. The van der Waals surface area contributed by atoms with Gasteiger partial charge < -0.3 is 10.2 Å². The minimum atomic E-state index is -0.678. The van der Waals surface area contributed by atoms with Gasteiger partial charge in [-0.15, -0.1) is 0 Å². The average molecular weight is 357 g/mol. The topological polar surface area (TPSA) is 62.3 Å². The second kappa shape index (κ2) is 7.41. The molecule has 5 nitrogen and oxygen atoms in total. The molecule has 1 aromatic heterocycles. The van der Waals surface area contributed by atoms with E-state index in [1.165, 1.54) is 0 Å². The van der Waals surface area contributed by atoms with Crippen LogP contribution in [0.25, 0.3) is 0 Å². The molecule has 0 radical (unpaired) electrons. The number of amides is 2. The lowest BCUT2D eigenvalue weighted by molar-refractivity contribution is -0.126. The zero-order valence-corrected chi connectivity index (χ0v) is 14.7. The molecule has 0 spiro atoms. The van der Waals surface area contributed by atoms with E-state index in [2.05, 4.69) is 10.3 Å². The quantitative estimate of drug-likeness (QED) is 0.763. The Morgan fingerprint density at radius 2 is 1.81 bits per heavy atom. The normalized spacial score (nSPS) is 13.9. The molecule has 4 rings (SSSR count). The summed E-state index contributed by atoms with van der Waals surface area (Å²) >= 11 is 0. The van der Waals surface area contributed by atoms with Gasteiger partial charge in [0.2, 0.25) is 5.91 Å². The molecule has 134 valence electrons. The number of nitrogens with zero attached hydrogens (tertiary/aromatic N) is 2. The van der Waals surface area contributed by atoms with Crippen molar-refractivity contribution in [3.8, 4) is 0 Å². The second-order valence-electron chi connectivity index (χ2n) is 6.48. The number of carbonyl (C=O) groups is 2. The summed E-state index contributed by atoms with van der Waals surface area (Å²) in [6, 6.07) is 20.0. The lowest BCUT2D eigenvalue weighted by atomic mass is 10.0. The third kappa shape index (κ3) is 3.44. The maximum atomic E-state index is 13.1. The van der Waals surface area contributed by atoms with Gasteiger partial charge in [-0.2, -0.15) is 0 Å². The number of benzene rings is 2. The molecule has 0 unspecified atom stereocenters. The van der Waals surface area contributed by atoms with E-state index in [4.69, 9.17) is 0 Å². The molecule has 27 heavy (non-hydrogen) atoms. The molecule has 2 heterocycles. The molecule has 0 aliphatic carbocycles. The van der Waals surface area contributed by atoms with E-state index >= 15 is 0 Å². The first-order chi connectivity index (χ1) is 13.2.